The first-order chi connectivity index (χ1) is 6.92. The van der Waals surface area contributed by atoms with Gasteiger partial charge in [-0.3, -0.25) is 10.9 Å². The van der Waals surface area contributed by atoms with Gasteiger partial charge in [0.05, 0.1) is 12.8 Å². The van der Waals surface area contributed by atoms with E-state index in [1.807, 2.05) is 0 Å². The molecule has 0 spiro atoms. The Hall–Kier alpha value is -1.86. The van der Waals surface area contributed by atoms with Gasteiger partial charge in [-0.05, 0) is 6.08 Å². The predicted octanol–water partition coefficient (Wildman–Crippen LogP) is 0.529. The van der Waals surface area contributed by atoms with Gasteiger partial charge in [-0.1, -0.05) is 0 Å². The molecule has 0 saturated carbocycles. The number of methoxy groups -OCH3 is 1. The number of ether oxygens (including phenoxy) is 2. The fourth-order valence-electron chi connectivity index (χ4n) is 0.781. The highest BCUT2D eigenvalue weighted by atomic mass is 19.4. The molecule has 0 aromatic heterocycles. The molecule has 0 fully saturated rings. The van der Waals surface area contributed by atoms with Gasteiger partial charge in [-0.15, -0.1) is 13.2 Å². The molecule has 0 aliphatic carbocycles. The number of carbonyl (C=O) groups is 1. The van der Waals surface area contributed by atoms with Crippen molar-refractivity contribution in [1.82, 2.24) is 10.9 Å². The Morgan fingerprint density at radius 2 is 2.13 bits per heavy atom. The molecule has 1 aliphatic heterocycles. The second-order valence-electron chi connectivity index (χ2n) is 2.44. The van der Waals surface area contributed by atoms with Crippen LogP contribution in [0.5, 0.6) is 0 Å². The lowest BCUT2D eigenvalue weighted by Crippen LogP contribution is -2.27. The number of hydrazine groups is 1. The van der Waals surface area contributed by atoms with Crippen LogP contribution in [-0.4, -0.2) is 19.4 Å². The van der Waals surface area contributed by atoms with Gasteiger partial charge in [0.15, 0.2) is 0 Å². The van der Waals surface area contributed by atoms with E-state index in [0.717, 1.165) is 13.2 Å². The van der Waals surface area contributed by atoms with Crippen molar-refractivity contribution in [2.45, 2.75) is 6.36 Å². The minimum Gasteiger partial charge on any atom is -0.464 e. The number of hydrogen-bond donors (Lipinski definition) is 2. The molecule has 8 heteroatoms. The smallest absolute Gasteiger partial charge is 0.464 e. The second-order valence-corrected chi connectivity index (χ2v) is 2.44. The van der Waals surface area contributed by atoms with Crippen molar-refractivity contribution in [1.29, 1.82) is 0 Å². The van der Waals surface area contributed by atoms with Crippen LogP contribution < -0.4 is 10.9 Å². The standard InChI is InChI=1S/C7H7F3N2O3/c1-14-6(13)5-2-4(11-12-5)3-15-7(8,9)10/h2-3,11-12H,1H3. The highest BCUT2D eigenvalue weighted by Gasteiger charge is 2.29. The van der Waals surface area contributed by atoms with E-state index >= 15 is 0 Å². The molecule has 5 nitrogen and oxygen atoms in total. The summed E-state index contributed by atoms with van der Waals surface area (Å²) in [5, 5.41) is 0. The second kappa shape index (κ2) is 4.11. The zero-order chi connectivity index (χ0) is 11.5. The van der Waals surface area contributed by atoms with Crippen LogP contribution in [0.25, 0.3) is 0 Å². The first-order valence-corrected chi connectivity index (χ1v) is 3.69. The number of allylic oxidation sites excluding steroid dienone is 1. The van der Waals surface area contributed by atoms with Crippen molar-refractivity contribution in [3.63, 3.8) is 0 Å². The molecule has 0 aromatic rings. The van der Waals surface area contributed by atoms with Gasteiger partial charge in [-0.2, -0.15) is 0 Å². The van der Waals surface area contributed by atoms with Crippen molar-refractivity contribution in [3.8, 4) is 0 Å². The molecule has 15 heavy (non-hydrogen) atoms. The van der Waals surface area contributed by atoms with Gasteiger partial charge >= 0.3 is 12.3 Å². The molecule has 1 heterocycles. The lowest BCUT2D eigenvalue weighted by molar-refractivity contribution is -0.298. The van der Waals surface area contributed by atoms with E-state index in [2.05, 4.69) is 20.3 Å². The molecular weight excluding hydrogens is 217 g/mol. The summed E-state index contributed by atoms with van der Waals surface area (Å²) in [6.07, 6.45) is -3.20. The largest absolute Gasteiger partial charge is 0.572 e. The summed E-state index contributed by atoms with van der Waals surface area (Å²) in [7, 11) is 1.15. The van der Waals surface area contributed by atoms with Gasteiger partial charge in [0.2, 0.25) is 0 Å². The van der Waals surface area contributed by atoms with E-state index < -0.39 is 12.3 Å². The fraction of sp³-hybridized carbons (Fsp3) is 0.286. The van der Waals surface area contributed by atoms with Crippen LogP contribution in [0.4, 0.5) is 13.2 Å². The van der Waals surface area contributed by atoms with Crippen LogP contribution in [-0.2, 0) is 14.3 Å². The average Bonchev–Trinajstić information content (AvgIpc) is 2.61. The fourth-order valence-corrected chi connectivity index (χ4v) is 0.781. The Balaban J connectivity index is 2.61. The normalized spacial score (nSPS) is 17.9. The Morgan fingerprint density at radius 3 is 2.67 bits per heavy atom. The zero-order valence-corrected chi connectivity index (χ0v) is 7.51. The number of rotatable bonds is 2. The highest BCUT2D eigenvalue weighted by Crippen LogP contribution is 2.18. The number of esters is 1. The van der Waals surface area contributed by atoms with Crippen molar-refractivity contribution in [2.24, 2.45) is 0 Å². The molecular formula is C7H7F3N2O3. The molecule has 1 rings (SSSR count). The number of carbonyl (C=O) groups excluding carboxylic acids is 1. The van der Waals surface area contributed by atoms with Gasteiger partial charge in [-0.25, -0.2) is 4.79 Å². The van der Waals surface area contributed by atoms with Gasteiger partial charge < -0.3 is 9.47 Å². The summed E-state index contributed by atoms with van der Waals surface area (Å²) < 4.78 is 42.6. The van der Waals surface area contributed by atoms with E-state index in [1.54, 1.807) is 0 Å². The van der Waals surface area contributed by atoms with Crippen LogP contribution in [0.1, 0.15) is 0 Å². The van der Waals surface area contributed by atoms with Crippen LogP contribution in [0, 0.1) is 0 Å². The molecule has 0 amide bonds. The molecule has 2 N–H and O–H groups in total. The van der Waals surface area contributed by atoms with Crippen molar-refractivity contribution in [2.75, 3.05) is 7.11 Å². The van der Waals surface area contributed by atoms with E-state index in [9.17, 15) is 18.0 Å². The Bertz CT molecular complexity index is 322. The summed E-state index contributed by atoms with van der Waals surface area (Å²) in [6.45, 7) is 0. The SMILES string of the molecule is COC(=O)C1=CC(=COC(F)(F)F)NN1. The third-order valence-electron chi connectivity index (χ3n) is 1.37. The van der Waals surface area contributed by atoms with Gasteiger partial charge in [0.25, 0.3) is 0 Å². The van der Waals surface area contributed by atoms with Crippen LogP contribution in [0.15, 0.2) is 23.7 Å². The lowest BCUT2D eigenvalue weighted by atomic mass is 10.4. The van der Waals surface area contributed by atoms with Gasteiger partial charge in [0.1, 0.15) is 12.0 Å². The first-order valence-electron chi connectivity index (χ1n) is 3.69. The summed E-state index contributed by atoms with van der Waals surface area (Å²) >= 11 is 0. The Morgan fingerprint density at radius 1 is 1.47 bits per heavy atom. The number of nitrogens with one attached hydrogen (secondary N) is 2. The highest BCUT2D eigenvalue weighted by molar-refractivity contribution is 5.88. The van der Waals surface area contributed by atoms with Crippen LogP contribution >= 0.6 is 0 Å². The summed E-state index contributed by atoms with van der Waals surface area (Å²) in [6, 6.07) is 0. The average molecular weight is 224 g/mol. The van der Waals surface area contributed by atoms with Gasteiger partial charge in [0, 0.05) is 0 Å². The summed E-state index contributed by atoms with van der Waals surface area (Å²) in [5.41, 5.74) is 4.56. The Labute approximate surface area is 82.5 Å². The molecule has 0 saturated heterocycles. The Kier molecular flexibility index (Phi) is 3.08. The number of alkyl halides is 3. The zero-order valence-electron chi connectivity index (χ0n) is 7.51. The molecule has 0 aromatic carbocycles. The van der Waals surface area contributed by atoms with E-state index in [1.165, 1.54) is 0 Å². The maximum absolute atomic E-state index is 11.6. The van der Waals surface area contributed by atoms with E-state index in [-0.39, 0.29) is 11.4 Å². The van der Waals surface area contributed by atoms with E-state index in [0.29, 0.717) is 6.26 Å². The van der Waals surface area contributed by atoms with Crippen molar-refractivity contribution >= 4 is 5.97 Å². The summed E-state index contributed by atoms with van der Waals surface area (Å²) in [5.74, 6) is -0.696. The monoisotopic (exact) mass is 224 g/mol. The third kappa shape index (κ3) is 3.41. The topological polar surface area (TPSA) is 59.6 Å². The maximum Gasteiger partial charge on any atom is 0.572 e. The minimum atomic E-state index is -4.75. The van der Waals surface area contributed by atoms with Crippen LogP contribution in [0.3, 0.4) is 0 Å². The molecule has 0 atom stereocenters. The third-order valence-corrected chi connectivity index (χ3v) is 1.37. The summed E-state index contributed by atoms with van der Waals surface area (Å²) in [4.78, 5) is 10.9. The van der Waals surface area contributed by atoms with E-state index in [4.69, 9.17) is 0 Å². The quantitative estimate of drug-likeness (QED) is 0.529. The van der Waals surface area contributed by atoms with Crippen molar-refractivity contribution in [3.05, 3.63) is 23.7 Å². The first kappa shape index (κ1) is 11.2. The minimum absolute atomic E-state index is 0.00507. The predicted molar refractivity (Wildman–Crippen MR) is 41.6 cm³/mol. The molecule has 1 aliphatic rings. The molecule has 0 bridgehead atoms. The number of halogens is 3. The molecule has 0 radical (unpaired) electrons. The van der Waals surface area contributed by atoms with Crippen LogP contribution in [0.2, 0.25) is 0 Å². The maximum atomic E-state index is 11.6. The number of hydrogen-bond acceptors (Lipinski definition) is 5. The molecule has 0 unspecified atom stereocenters. The molecule has 84 valence electrons. The lowest BCUT2D eigenvalue weighted by Gasteiger charge is -2.04. The van der Waals surface area contributed by atoms with Crippen molar-refractivity contribution < 1.29 is 27.4 Å².